The Labute approximate surface area is 162 Å². The van der Waals surface area contributed by atoms with Gasteiger partial charge in [-0.2, -0.15) is 5.26 Å². The second-order valence-corrected chi connectivity index (χ2v) is 12.7. The van der Waals surface area contributed by atoms with Gasteiger partial charge in [0.2, 0.25) is 0 Å². The number of ether oxygens (including phenoxy) is 1. The van der Waals surface area contributed by atoms with Crippen LogP contribution in [0.5, 0.6) is 0 Å². The van der Waals surface area contributed by atoms with Crippen LogP contribution in [0.2, 0.25) is 0 Å². The highest BCUT2D eigenvalue weighted by atomic mass is 31.2. The van der Waals surface area contributed by atoms with Crippen LogP contribution in [0.4, 0.5) is 0 Å². The molecule has 0 aliphatic heterocycles. The van der Waals surface area contributed by atoms with Gasteiger partial charge in [-0.3, -0.25) is 9.24 Å². The maximum atomic E-state index is 13.4. The molecule has 0 aliphatic rings. The van der Waals surface area contributed by atoms with Gasteiger partial charge in [0.05, 0.1) is 36.2 Å². The molecular formula is C18H38N2O4P2. The lowest BCUT2D eigenvalue weighted by Crippen LogP contribution is -2.45. The van der Waals surface area contributed by atoms with E-state index in [0.717, 1.165) is 0 Å². The van der Waals surface area contributed by atoms with Gasteiger partial charge in [-0.15, -0.1) is 0 Å². The van der Waals surface area contributed by atoms with Crippen molar-refractivity contribution in [2.75, 3.05) is 12.5 Å². The van der Waals surface area contributed by atoms with Gasteiger partial charge in [0, 0.05) is 6.04 Å². The van der Waals surface area contributed by atoms with Gasteiger partial charge in [0.25, 0.3) is 0 Å². The minimum atomic E-state index is -3.29. The molecule has 0 aliphatic carbocycles. The summed E-state index contributed by atoms with van der Waals surface area (Å²) in [6.07, 6.45) is 0.344. The number of rotatable bonds is 10. The SMILES string of the molecule is CC(C)N(PCP(=O)(OC(C)(C)C)OC(C)(C)C)C(C)(C)OCCC#N. The zero-order chi connectivity index (χ0) is 20.8. The van der Waals surface area contributed by atoms with E-state index in [1.807, 2.05) is 55.4 Å². The van der Waals surface area contributed by atoms with Crippen molar-refractivity contribution in [3.05, 3.63) is 0 Å². The van der Waals surface area contributed by atoms with Crippen molar-refractivity contribution < 1.29 is 18.3 Å². The second kappa shape index (κ2) is 9.97. The third kappa shape index (κ3) is 11.0. The topological polar surface area (TPSA) is 71.8 Å². The quantitative estimate of drug-likeness (QED) is 0.261. The highest BCUT2D eigenvalue weighted by molar-refractivity contribution is 7.64. The summed E-state index contributed by atoms with van der Waals surface area (Å²) >= 11 is 0. The van der Waals surface area contributed by atoms with Crippen molar-refractivity contribution >= 4 is 16.3 Å². The smallest absolute Gasteiger partial charge is 0.336 e. The summed E-state index contributed by atoms with van der Waals surface area (Å²) in [6, 6.07) is 2.27. The summed E-state index contributed by atoms with van der Waals surface area (Å²) in [5.41, 5.74) is -1.70. The molecule has 154 valence electrons. The van der Waals surface area contributed by atoms with Gasteiger partial charge in [0.15, 0.2) is 0 Å². The van der Waals surface area contributed by atoms with E-state index in [1.54, 1.807) is 0 Å². The standard InChI is InChI=1S/C18H38N2O4P2/c1-15(2)20(18(9,10)22-13-11-12-19)25-14-26(21,23-16(3,4)5)24-17(6,7)8/h15,25H,11,13-14H2,1-10H3. The van der Waals surface area contributed by atoms with Gasteiger partial charge in [-0.1, -0.05) is 0 Å². The molecular weight excluding hydrogens is 370 g/mol. The summed E-state index contributed by atoms with van der Waals surface area (Å²) in [5, 5.41) is 8.73. The number of hydrogen-bond donors (Lipinski definition) is 0. The lowest BCUT2D eigenvalue weighted by atomic mass is 10.2. The van der Waals surface area contributed by atoms with Crippen LogP contribution in [0.1, 0.15) is 75.7 Å². The lowest BCUT2D eigenvalue weighted by molar-refractivity contribution is -0.0982. The van der Waals surface area contributed by atoms with Gasteiger partial charge < -0.3 is 13.8 Å². The van der Waals surface area contributed by atoms with E-state index in [1.165, 1.54) is 0 Å². The summed E-state index contributed by atoms with van der Waals surface area (Å²) in [6.45, 7) is 19.7. The maximum absolute atomic E-state index is 13.4. The second-order valence-electron chi connectivity index (χ2n) is 9.00. The summed E-state index contributed by atoms with van der Waals surface area (Å²) in [5.74, 6) is 0.296. The molecule has 0 saturated carbocycles. The Bertz CT molecular complexity index is 497. The Morgan fingerprint density at radius 2 is 1.50 bits per heavy atom. The molecule has 0 bridgehead atoms. The van der Waals surface area contributed by atoms with Gasteiger partial charge >= 0.3 is 7.60 Å². The molecule has 26 heavy (non-hydrogen) atoms. The van der Waals surface area contributed by atoms with Crippen molar-refractivity contribution in [1.82, 2.24) is 4.67 Å². The fourth-order valence-electron chi connectivity index (χ4n) is 2.49. The Morgan fingerprint density at radius 3 is 1.85 bits per heavy atom. The predicted molar refractivity (Wildman–Crippen MR) is 110 cm³/mol. The number of nitrogens with zero attached hydrogens (tertiary/aromatic N) is 2. The lowest BCUT2D eigenvalue weighted by Gasteiger charge is -2.42. The zero-order valence-corrected chi connectivity index (χ0v) is 20.1. The first-order valence-electron chi connectivity index (χ1n) is 9.06. The average molecular weight is 408 g/mol. The van der Waals surface area contributed by atoms with Gasteiger partial charge in [0.1, 0.15) is 5.72 Å². The van der Waals surface area contributed by atoms with Crippen molar-refractivity contribution in [1.29, 1.82) is 5.26 Å². The van der Waals surface area contributed by atoms with E-state index in [0.29, 0.717) is 18.9 Å². The zero-order valence-electron chi connectivity index (χ0n) is 18.2. The van der Waals surface area contributed by atoms with E-state index in [9.17, 15) is 4.57 Å². The predicted octanol–water partition coefficient (Wildman–Crippen LogP) is 5.74. The molecule has 0 rings (SSSR count). The van der Waals surface area contributed by atoms with Crippen LogP contribution in [-0.4, -0.2) is 40.1 Å². The average Bonchev–Trinajstić information content (AvgIpc) is 2.32. The molecule has 0 amide bonds. The van der Waals surface area contributed by atoms with Crippen LogP contribution in [0.3, 0.4) is 0 Å². The Kier molecular flexibility index (Phi) is 9.96. The third-order valence-electron chi connectivity index (χ3n) is 3.03. The van der Waals surface area contributed by atoms with Crippen LogP contribution in [0.15, 0.2) is 0 Å². The first kappa shape index (κ1) is 26.0. The number of hydrogen-bond acceptors (Lipinski definition) is 6. The van der Waals surface area contributed by atoms with Crippen molar-refractivity contribution in [2.45, 2.75) is 98.6 Å². The highest BCUT2D eigenvalue weighted by Gasteiger charge is 2.38. The molecule has 0 aromatic carbocycles. The van der Waals surface area contributed by atoms with Crippen molar-refractivity contribution in [3.63, 3.8) is 0 Å². The highest BCUT2D eigenvalue weighted by Crippen LogP contribution is 2.59. The Balaban J connectivity index is 5.30. The fraction of sp³-hybridized carbons (Fsp3) is 0.944. The van der Waals surface area contributed by atoms with Crippen LogP contribution in [0.25, 0.3) is 0 Å². The number of nitriles is 1. The molecule has 1 unspecified atom stereocenters. The molecule has 0 radical (unpaired) electrons. The summed E-state index contributed by atoms with van der Waals surface area (Å²) in [4.78, 5) is 0. The first-order valence-corrected chi connectivity index (χ1v) is 11.9. The molecule has 0 saturated heterocycles. The molecule has 0 fully saturated rings. The molecule has 0 spiro atoms. The Hall–Kier alpha value is -0.01000. The fourth-order valence-corrected chi connectivity index (χ4v) is 6.83. The molecule has 0 heterocycles. The van der Waals surface area contributed by atoms with Crippen LogP contribution in [0, 0.1) is 11.3 Å². The maximum Gasteiger partial charge on any atom is 0.336 e. The molecule has 0 aromatic rings. The van der Waals surface area contributed by atoms with E-state index in [-0.39, 0.29) is 14.8 Å². The molecule has 0 N–H and O–H groups in total. The summed E-state index contributed by atoms with van der Waals surface area (Å²) < 4.78 is 33.2. The minimum Gasteiger partial charge on any atom is -0.360 e. The Morgan fingerprint density at radius 1 is 1.04 bits per heavy atom. The normalized spacial score (nSPS) is 14.6. The summed E-state index contributed by atoms with van der Waals surface area (Å²) in [7, 11) is -3.09. The van der Waals surface area contributed by atoms with Crippen molar-refractivity contribution in [3.8, 4) is 6.07 Å². The molecule has 0 aromatic heterocycles. The van der Waals surface area contributed by atoms with E-state index in [2.05, 4.69) is 24.6 Å². The largest absolute Gasteiger partial charge is 0.360 e. The van der Waals surface area contributed by atoms with E-state index < -0.39 is 24.5 Å². The van der Waals surface area contributed by atoms with Gasteiger partial charge in [-0.25, -0.2) is 0 Å². The molecule has 1 atom stereocenters. The van der Waals surface area contributed by atoms with Gasteiger partial charge in [-0.05, 0) is 78.0 Å². The van der Waals surface area contributed by atoms with Crippen LogP contribution in [-0.2, 0) is 18.3 Å². The molecule has 6 nitrogen and oxygen atoms in total. The van der Waals surface area contributed by atoms with Crippen molar-refractivity contribution in [2.24, 2.45) is 0 Å². The van der Waals surface area contributed by atoms with E-state index in [4.69, 9.17) is 19.0 Å². The van der Waals surface area contributed by atoms with Crippen LogP contribution >= 0.6 is 16.3 Å². The van der Waals surface area contributed by atoms with Crippen LogP contribution < -0.4 is 0 Å². The molecule has 8 heteroatoms. The third-order valence-corrected chi connectivity index (χ3v) is 8.19. The monoisotopic (exact) mass is 408 g/mol. The minimum absolute atomic E-state index is 0.183. The van der Waals surface area contributed by atoms with E-state index >= 15 is 0 Å². The first-order chi connectivity index (χ1) is 11.5.